The summed E-state index contributed by atoms with van der Waals surface area (Å²) < 4.78 is 24.6. The lowest BCUT2D eigenvalue weighted by atomic mass is 10.2. The Bertz CT molecular complexity index is 355. The number of carboxylic acids is 1. The van der Waals surface area contributed by atoms with E-state index in [0.29, 0.717) is 0 Å². The molecule has 0 fully saturated rings. The van der Waals surface area contributed by atoms with Gasteiger partial charge in [-0.05, 0) is 12.1 Å². The van der Waals surface area contributed by atoms with Gasteiger partial charge < -0.3 is 10.8 Å². The van der Waals surface area contributed by atoms with Gasteiger partial charge in [0.2, 0.25) is 0 Å². The smallest absolute Gasteiger partial charge is 0.354 e. The van der Waals surface area contributed by atoms with E-state index >= 15 is 0 Å². The van der Waals surface area contributed by atoms with Crippen LogP contribution in [0.5, 0.6) is 0 Å². The molecular formula is C8H8F2N2O2. The van der Waals surface area contributed by atoms with E-state index in [9.17, 15) is 13.6 Å². The molecule has 1 heterocycles. The predicted octanol–water partition coefficient (Wildman–Crippen LogP) is 1.18. The molecule has 0 amide bonds. The molecule has 0 aliphatic heterocycles. The summed E-state index contributed by atoms with van der Waals surface area (Å²) in [6.45, 7) is -0.208. The number of carbonyl (C=O) groups is 1. The zero-order chi connectivity index (χ0) is 10.7. The number of carboxylic acid groups (broad SMARTS) is 1. The maximum absolute atomic E-state index is 12.3. The van der Waals surface area contributed by atoms with E-state index in [-0.39, 0.29) is 23.5 Å². The van der Waals surface area contributed by atoms with E-state index in [0.717, 1.165) is 12.1 Å². The molecule has 1 rings (SSSR count). The number of nitrogens with two attached hydrogens (primary N) is 1. The molecule has 0 spiro atoms. The molecule has 1 aromatic heterocycles. The highest BCUT2D eigenvalue weighted by Gasteiger charge is 2.15. The van der Waals surface area contributed by atoms with Crippen LogP contribution in [0.25, 0.3) is 0 Å². The van der Waals surface area contributed by atoms with E-state index in [1.807, 2.05) is 0 Å². The second-order valence-electron chi connectivity index (χ2n) is 2.54. The molecule has 0 aromatic carbocycles. The van der Waals surface area contributed by atoms with Gasteiger partial charge in [0.1, 0.15) is 5.69 Å². The fourth-order valence-corrected chi connectivity index (χ4v) is 0.993. The number of pyridine rings is 1. The van der Waals surface area contributed by atoms with Crippen molar-refractivity contribution >= 4 is 5.97 Å². The van der Waals surface area contributed by atoms with Crippen LogP contribution in [0.3, 0.4) is 0 Å². The van der Waals surface area contributed by atoms with E-state index in [4.69, 9.17) is 10.8 Å². The lowest BCUT2D eigenvalue weighted by molar-refractivity contribution is 0.0689. The fraction of sp³-hybridized carbons (Fsp3) is 0.250. The van der Waals surface area contributed by atoms with Crippen molar-refractivity contribution in [3.8, 4) is 0 Å². The Hall–Kier alpha value is -1.56. The molecule has 0 bridgehead atoms. The quantitative estimate of drug-likeness (QED) is 0.771. The maximum atomic E-state index is 12.3. The van der Waals surface area contributed by atoms with Gasteiger partial charge in [-0.1, -0.05) is 0 Å². The number of rotatable bonds is 3. The first-order valence-electron chi connectivity index (χ1n) is 3.77. The first-order chi connectivity index (χ1) is 6.56. The molecule has 76 valence electrons. The molecular weight excluding hydrogens is 194 g/mol. The van der Waals surface area contributed by atoms with Crippen LogP contribution < -0.4 is 5.73 Å². The van der Waals surface area contributed by atoms with Gasteiger partial charge >= 0.3 is 5.97 Å². The monoisotopic (exact) mass is 202 g/mol. The minimum Gasteiger partial charge on any atom is -0.477 e. The summed E-state index contributed by atoms with van der Waals surface area (Å²) in [5.41, 5.74) is 4.48. The van der Waals surface area contributed by atoms with Gasteiger partial charge in [0.15, 0.2) is 0 Å². The number of hydrogen-bond donors (Lipinski definition) is 2. The average Bonchev–Trinajstić information content (AvgIpc) is 2.16. The largest absolute Gasteiger partial charge is 0.477 e. The summed E-state index contributed by atoms with van der Waals surface area (Å²) in [6, 6.07) is 2.06. The third-order valence-electron chi connectivity index (χ3n) is 1.66. The van der Waals surface area contributed by atoms with Crippen molar-refractivity contribution in [3.63, 3.8) is 0 Å². The molecule has 0 atom stereocenters. The number of aromatic nitrogens is 1. The molecule has 4 nitrogen and oxygen atoms in total. The van der Waals surface area contributed by atoms with Crippen molar-refractivity contribution in [1.82, 2.24) is 4.98 Å². The molecule has 0 saturated heterocycles. The first-order valence-corrected chi connectivity index (χ1v) is 3.77. The molecule has 14 heavy (non-hydrogen) atoms. The minimum atomic E-state index is -2.69. The van der Waals surface area contributed by atoms with Gasteiger partial charge in [0.25, 0.3) is 6.43 Å². The summed E-state index contributed by atoms with van der Waals surface area (Å²) >= 11 is 0. The van der Waals surface area contributed by atoms with E-state index in [1.165, 1.54) is 0 Å². The van der Waals surface area contributed by atoms with E-state index in [2.05, 4.69) is 4.98 Å². The van der Waals surface area contributed by atoms with Crippen molar-refractivity contribution in [1.29, 1.82) is 0 Å². The molecule has 0 unspecified atom stereocenters. The summed E-state index contributed by atoms with van der Waals surface area (Å²) in [6.07, 6.45) is -2.69. The highest BCUT2D eigenvalue weighted by atomic mass is 19.3. The normalized spacial score (nSPS) is 10.6. The number of aromatic carboxylic acids is 1. The van der Waals surface area contributed by atoms with E-state index < -0.39 is 12.4 Å². The van der Waals surface area contributed by atoms with Gasteiger partial charge in [0.05, 0.1) is 5.69 Å². The number of halogens is 2. The first kappa shape index (κ1) is 10.5. The second-order valence-corrected chi connectivity index (χ2v) is 2.54. The Morgan fingerprint density at radius 3 is 2.64 bits per heavy atom. The summed E-state index contributed by atoms with van der Waals surface area (Å²) in [5, 5.41) is 8.54. The van der Waals surface area contributed by atoms with E-state index in [1.54, 1.807) is 0 Å². The number of alkyl halides is 2. The van der Waals surface area contributed by atoms with Crippen LogP contribution in [-0.2, 0) is 6.54 Å². The van der Waals surface area contributed by atoms with Crippen LogP contribution in [-0.4, -0.2) is 16.1 Å². The number of nitrogens with zero attached hydrogens (tertiary/aromatic N) is 1. The Morgan fingerprint density at radius 1 is 1.57 bits per heavy atom. The molecule has 0 radical (unpaired) electrons. The Balaban J connectivity index is 3.18. The Labute approximate surface area is 78.4 Å². The van der Waals surface area contributed by atoms with Crippen molar-refractivity contribution in [3.05, 3.63) is 29.1 Å². The van der Waals surface area contributed by atoms with Crippen LogP contribution in [0, 0.1) is 0 Å². The Morgan fingerprint density at radius 2 is 2.21 bits per heavy atom. The fourth-order valence-electron chi connectivity index (χ4n) is 0.993. The lowest BCUT2D eigenvalue weighted by Crippen LogP contribution is -2.09. The van der Waals surface area contributed by atoms with Crippen LogP contribution in [0.1, 0.15) is 28.2 Å². The summed E-state index contributed by atoms with van der Waals surface area (Å²) in [7, 11) is 0. The van der Waals surface area contributed by atoms with Gasteiger partial charge in [-0.25, -0.2) is 18.6 Å². The van der Waals surface area contributed by atoms with Crippen LogP contribution in [0.2, 0.25) is 0 Å². The molecule has 3 N–H and O–H groups in total. The van der Waals surface area contributed by atoms with Crippen LogP contribution in [0.4, 0.5) is 8.78 Å². The predicted molar refractivity (Wildman–Crippen MR) is 44.0 cm³/mol. The minimum absolute atomic E-state index is 0.0834. The third-order valence-corrected chi connectivity index (χ3v) is 1.66. The highest BCUT2D eigenvalue weighted by Crippen LogP contribution is 2.21. The standard InChI is InChI=1S/C8H8F2N2O2/c9-7(10)4-1-2-5(8(13)14)12-6(4)3-11/h1-2,7H,3,11H2,(H,13,14). The molecule has 0 saturated carbocycles. The zero-order valence-electron chi connectivity index (χ0n) is 7.08. The average molecular weight is 202 g/mol. The zero-order valence-corrected chi connectivity index (χ0v) is 7.08. The number of hydrogen-bond acceptors (Lipinski definition) is 3. The summed E-state index contributed by atoms with van der Waals surface area (Å²) in [4.78, 5) is 14.0. The van der Waals surface area contributed by atoms with Crippen molar-refractivity contribution in [2.45, 2.75) is 13.0 Å². The lowest BCUT2D eigenvalue weighted by Gasteiger charge is -2.06. The second kappa shape index (κ2) is 4.10. The van der Waals surface area contributed by atoms with Crippen molar-refractivity contribution in [2.24, 2.45) is 5.73 Å². The molecule has 0 aliphatic carbocycles. The van der Waals surface area contributed by atoms with Crippen molar-refractivity contribution < 1.29 is 18.7 Å². The highest BCUT2D eigenvalue weighted by molar-refractivity contribution is 5.85. The van der Waals surface area contributed by atoms with Gasteiger partial charge in [-0.15, -0.1) is 0 Å². The Kier molecular flexibility index (Phi) is 3.08. The molecule has 6 heteroatoms. The van der Waals surface area contributed by atoms with Gasteiger partial charge in [-0.3, -0.25) is 0 Å². The van der Waals surface area contributed by atoms with Crippen molar-refractivity contribution in [2.75, 3.05) is 0 Å². The van der Waals surface area contributed by atoms with Crippen LogP contribution >= 0.6 is 0 Å². The topological polar surface area (TPSA) is 76.2 Å². The SMILES string of the molecule is NCc1nc(C(=O)O)ccc1C(F)F. The molecule has 0 aliphatic rings. The maximum Gasteiger partial charge on any atom is 0.354 e. The summed E-state index contributed by atoms with van der Waals surface area (Å²) in [5.74, 6) is -1.26. The molecule has 1 aromatic rings. The third kappa shape index (κ3) is 2.02. The van der Waals surface area contributed by atoms with Gasteiger partial charge in [-0.2, -0.15) is 0 Å². The van der Waals surface area contributed by atoms with Gasteiger partial charge in [0, 0.05) is 12.1 Å². The van der Waals surface area contributed by atoms with Crippen LogP contribution in [0.15, 0.2) is 12.1 Å².